The van der Waals surface area contributed by atoms with Gasteiger partial charge in [0, 0.05) is 13.1 Å². The van der Waals surface area contributed by atoms with Crippen LogP contribution in [0.1, 0.15) is 65.2 Å². The van der Waals surface area contributed by atoms with E-state index in [1.807, 2.05) is 0 Å². The van der Waals surface area contributed by atoms with Crippen molar-refractivity contribution in [2.45, 2.75) is 65.2 Å². The molecular weight excluding hydrogens is 220 g/mol. The van der Waals surface area contributed by atoms with Crippen LogP contribution in [0.15, 0.2) is 0 Å². The Hall–Kier alpha value is -0.0800. The van der Waals surface area contributed by atoms with E-state index in [9.17, 15) is 0 Å². The predicted octanol–water partition coefficient (Wildman–Crippen LogP) is 3.67. The van der Waals surface area contributed by atoms with E-state index in [-0.39, 0.29) is 0 Å². The van der Waals surface area contributed by atoms with Gasteiger partial charge >= 0.3 is 0 Å². The highest BCUT2D eigenvalue weighted by atomic mass is 15.1. The first kappa shape index (κ1) is 16.0. The van der Waals surface area contributed by atoms with E-state index in [1.165, 1.54) is 71.0 Å². The zero-order chi connectivity index (χ0) is 13.3. The summed E-state index contributed by atoms with van der Waals surface area (Å²) >= 11 is 0. The third kappa shape index (κ3) is 5.71. The molecule has 0 bridgehead atoms. The molecule has 0 spiro atoms. The van der Waals surface area contributed by atoms with Crippen molar-refractivity contribution in [1.29, 1.82) is 0 Å². The van der Waals surface area contributed by atoms with Gasteiger partial charge in [-0.2, -0.15) is 0 Å². The van der Waals surface area contributed by atoms with Crippen molar-refractivity contribution in [3.8, 4) is 0 Å². The highest BCUT2D eigenvalue weighted by molar-refractivity contribution is 4.86. The van der Waals surface area contributed by atoms with Gasteiger partial charge in [0.05, 0.1) is 0 Å². The molecule has 2 nitrogen and oxygen atoms in total. The first-order valence-corrected chi connectivity index (χ1v) is 8.12. The lowest BCUT2D eigenvalue weighted by molar-refractivity contribution is 0.146. The normalized spacial score (nSPS) is 20.0. The Labute approximate surface area is 115 Å². The third-order valence-electron chi connectivity index (χ3n) is 4.41. The van der Waals surface area contributed by atoms with E-state index < -0.39 is 0 Å². The Morgan fingerprint density at radius 1 is 1.06 bits per heavy atom. The molecule has 1 aliphatic carbocycles. The number of nitrogens with one attached hydrogen (secondary N) is 1. The molecule has 1 N–H and O–H groups in total. The number of unbranched alkanes of at least 4 members (excludes halogenated alkanes) is 1. The summed E-state index contributed by atoms with van der Waals surface area (Å²) in [4.78, 5) is 2.58. The summed E-state index contributed by atoms with van der Waals surface area (Å²) in [6, 6.07) is 0. The molecule has 0 aromatic carbocycles. The summed E-state index contributed by atoms with van der Waals surface area (Å²) < 4.78 is 0. The predicted molar refractivity (Wildman–Crippen MR) is 81.1 cm³/mol. The average Bonchev–Trinajstić information content (AvgIpc) is 2.60. The van der Waals surface area contributed by atoms with Gasteiger partial charge in [0.2, 0.25) is 0 Å². The zero-order valence-electron chi connectivity index (χ0n) is 12.9. The maximum Gasteiger partial charge on any atom is 0.00471 e. The summed E-state index contributed by atoms with van der Waals surface area (Å²) in [6.45, 7) is 9.41. The first-order chi connectivity index (χ1) is 8.72. The second kappa shape index (κ2) is 8.92. The van der Waals surface area contributed by atoms with E-state index >= 15 is 0 Å². The zero-order valence-corrected chi connectivity index (χ0v) is 12.9. The maximum atomic E-state index is 3.62. The van der Waals surface area contributed by atoms with Gasteiger partial charge in [0.25, 0.3) is 0 Å². The molecule has 0 heterocycles. The average molecular weight is 254 g/mol. The smallest absolute Gasteiger partial charge is 0.00471 e. The van der Waals surface area contributed by atoms with Crippen molar-refractivity contribution in [3.63, 3.8) is 0 Å². The van der Waals surface area contributed by atoms with Crippen molar-refractivity contribution in [3.05, 3.63) is 0 Å². The molecule has 1 aliphatic rings. The van der Waals surface area contributed by atoms with Crippen LogP contribution in [0.5, 0.6) is 0 Å². The van der Waals surface area contributed by atoms with Gasteiger partial charge in [-0.3, -0.25) is 0 Å². The molecule has 0 aliphatic heterocycles. The fourth-order valence-electron chi connectivity index (χ4n) is 3.34. The summed E-state index contributed by atoms with van der Waals surface area (Å²) in [5, 5.41) is 3.62. The van der Waals surface area contributed by atoms with Gasteiger partial charge in [0.1, 0.15) is 0 Å². The lowest BCUT2D eigenvalue weighted by Gasteiger charge is -2.37. The van der Waals surface area contributed by atoms with E-state index in [1.54, 1.807) is 0 Å². The molecule has 0 unspecified atom stereocenters. The number of hydrogen-bond donors (Lipinski definition) is 1. The standard InChI is InChI=1S/C16H34N2/c1-4-6-13-18(3)15-16(14-17-5-2)11-9-7-8-10-12-16/h17H,4-15H2,1-3H3. The summed E-state index contributed by atoms with van der Waals surface area (Å²) in [5.41, 5.74) is 0.551. The Morgan fingerprint density at radius 3 is 2.28 bits per heavy atom. The van der Waals surface area contributed by atoms with Gasteiger partial charge in [-0.15, -0.1) is 0 Å². The van der Waals surface area contributed by atoms with Crippen LogP contribution >= 0.6 is 0 Å². The van der Waals surface area contributed by atoms with Crippen molar-refractivity contribution in [1.82, 2.24) is 10.2 Å². The number of hydrogen-bond acceptors (Lipinski definition) is 2. The van der Waals surface area contributed by atoms with Gasteiger partial charge in [-0.1, -0.05) is 46.0 Å². The number of nitrogens with zero attached hydrogens (tertiary/aromatic N) is 1. The highest BCUT2D eigenvalue weighted by Gasteiger charge is 2.31. The van der Waals surface area contributed by atoms with Crippen LogP contribution in [-0.4, -0.2) is 38.1 Å². The highest BCUT2D eigenvalue weighted by Crippen LogP contribution is 2.35. The first-order valence-electron chi connectivity index (χ1n) is 8.12. The molecule has 1 rings (SSSR count). The Kier molecular flexibility index (Phi) is 7.92. The Balaban J connectivity index is 2.51. The van der Waals surface area contributed by atoms with Crippen molar-refractivity contribution in [2.75, 3.05) is 33.2 Å². The molecule has 0 amide bonds. The van der Waals surface area contributed by atoms with Crippen LogP contribution in [0, 0.1) is 5.41 Å². The molecule has 2 heteroatoms. The van der Waals surface area contributed by atoms with Crippen LogP contribution in [-0.2, 0) is 0 Å². The van der Waals surface area contributed by atoms with Crippen LogP contribution in [0.4, 0.5) is 0 Å². The quantitative estimate of drug-likeness (QED) is 0.665. The van der Waals surface area contributed by atoms with Crippen molar-refractivity contribution < 1.29 is 0 Å². The summed E-state index contributed by atoms with van der Waals surface area (Å²) in [5.74, 6) is 0. The Bertz CT molecular complexity index is 195. The molecule has 0 aromatic heterocycles. The monoisotopic (exact) mass is 254 g/mol. The fraction of sp³-hybridized carbons (Fsp3) is 1.00. The molecule has 0 radical (unpaired) electrons. The van der Waals surface area contributed by atoms with E-state index in [0.29, 0.717) is 5.41 Å². The molecule has 0 atom stereocenters. The molecule has 1 fully saturated rings. The van der Waals surface area contributed by atoms with Gasteiger partial charge in [-0.05, 0) is 44.8 Å². The maximum absolute atomic E-state index is 3.62. The topological polar surface area (TPSA) is 15.3 Å². The van der Waals surface area contributed by atoms with E-state index in [4.69, 9.17) is 0 Å². The fourth-order valence-corrected chi connectivity index (χ4v) is 3.34. The second-order valence-corrected chi connectivity index (χ2v) is 6.29. The van der Waals surface area contributed by atoms with Gasteiger partial charge < -0.3 is 10.2 Å². The molecular formula is C16H34N2. The molecule has 0 aromatic rings. The molecule has 18 heavy (non-hydrogen) atoms. The van der Waals surface area contributed by atoms with Gasteiger partial charge in [-0.25, -0.2) is 0 Å². The van der Waals surface area contributed by atoms with Crippen molar-refractivity contribution in [2.24, 2.45) is 5.41 Å². The molecule has 1 saturated carbocycles. The largest absolute Gasteiger partial charge is 0.316 e. The lowest BCUT2D eigenvalue weighted by atomic mass is 9.79. The van der Waals surface area contributed by atoms with Crippen molar-refractivity contribution >= 4 is 0 Å². The minimum absolute atomic E-state index is 0.551. The Morgan fingerprint density at radius 2 is 1.72 bits per heavy atom. The lowest BCUT2D eigenvalue weighted by Crippen LogP contribution is -2.43. The van der Waals surface area contributed by atoms with Crippen LogP contribution < -0.4 is 5.32 Å². The molecule has 108 valence electrons. The summed E-state index contributed by atoms with van der Waals surface area (Å²) in [7, 11) is 2.31. The minimum Gasteiger partial charge on any atom is -0.316 e. The van der Waals surface area contributed by atoms with Crippen LogP contribution in [0.25, 0.3) is 0 Å². The molecule has 0 saturated heterocycles. The van der Waals surface area contributed by atoms with E-state index in [0.717, 1.165) is 6.54 Å². The van der Waals surface area contributed by atoms with Crippen LogP contribution in [0.2, 0.25) is 0 Å². The minimum atomic E-state index is 0.551. The number of rotatable bonds is 8. The third-order valence-corrected chi connectivity index (χ3v) is 4.41. The van der Waals surface area contributed by atoms with Gasteiger partial charge in [0.15, 0.2) is 0 Å². The second-order valence-electron chi connectivity index (χ2n) is 6.29. The SMILES string of the molecule is CCCCN(C)CC1(CNCC)CCCCCC1. The van der Waals surface area contributed by atoms with E-state index in [2.05, 4.69) is 31.1 Å². The van der Waals surface area contributed by atoms with Crippen LogP contribution in [0.3, 0.4) is 0 Å². The summed E-state index contributed by atoms with van der Waals surface area (Å²) in [6.07, 6.45) is 11.3.